The Morgan fingerprint density at radius 3 is 2.42 bits per heavy atom. The average molecular weight is 345 g/mol. The van der Waals surface area contributed by atoms with E-state index in [2.05, 4.69) is 0 Å². The van der Waals surface area contributed by atoms with Crippen LogP contribution < -0.4 is 9.04 Å². The summed E-state index contributed by atoms with van der Waals surface area (Å²) in [5, 5.41) is 0. The SMILES string of the molecule is COc1ccc2c(c1)N(S(=O)(=O)c1ccc(C)cc1)[C@@H](C)CC2=O. The van der Waals surface area contributed by atoms with E-state index in [9.17, 15) is 13.2 Å². The Morgan fingerprint density at radius 2 is 1.79 bits per heavy atom. The molecular weight excluding hydrogens is 326 g/mol. The van der Waals surface area contributed by atoms with E-state index >= 15 is 0 Å². The van der Waals surface area contributed by atoms with Gasteiger partial charge in [-0.15, -0.1) is 0 Å². The zero-order chi connectivity index (χ0) is 17.5. The van der Waals surface area contributed by atoms with Gasteiger partial charge in [-0.25, -0.2) is 8.42 Å². The molecule has 0 amide bonds. The summed E-state index contributed by atoms with van der Waals surface area (Å²) >= 11 is 0. The third kappa shape index (κ3) is 2.67. The van der Waals surface area contributed by atoms with E-state index in [1.54, 1.807) is 49.4 Å². The number of ether oxygens (including phenoxy) is 1. The quantitative estimate of drug-likeness (QED) is 0.857. The van der Waals surface area contributed by atoms with Gasteiger partial charge < -0.3 is 4.74 Å². The summed E-state index contributed by atoms with van der Waals surface area (Å²) < 4.78 is 32.8. The molecule has 0 aromatic heterocycles. The third-order valence-electron chi connectivity index (χ3n) is 4.20. The molecule has 0 spiro atoms. The number of aryl methyl sites for hydroxylation is 1. The molecule has 0 N–H and O–H groups in total. The second-order valence-corrected chi connectivity index (χ2v) is 7.79. The summed E-state index contributed by atoms with van der Waals surface area (Å²) in [4.78, 5) is 12.5. The number of anilines is 1. The van der Waals surface area contributed by atoms with E-state index in [0.717, 1.165) is 5.56 Å². The van der Waals surface area contributed by atoms with Gasteiger partial charge in [-0.3, -0.25) is 9.10 Å². The molecule has 1 aliphatic heterocycles. The Labute approximate surface area is 141 Å². The zero-order valence-electron chi connectivity index (χ0n) is 13.8. The Balaban J connectivity index is 2.18. The fourth-order valence-corrected chi connectivity index (χ4v) is 4.61. The van der Waals surface area contributed by atoms with Gasteiger partial charge in [-0.05, 0) is 38.1 Å². The maximum absolute atomic E-state index is 13.2. The Bertz CT molecular complexity index is 888. The minimum absolute atomic E-state index is 0.0597. The predicted molar refractivity (Wildman–Crippen MR) is 92.2 cm³/mol. The molecule has 24 heavy (non-hydrogen) atoms. The van der Waals surface area contributed by atoms with E-state index in [-0.39, 0.29) is 17.1 Å². The Hall–Kier alpha value is -2.34. The highest BCUT2D eigenvalue weighted by Gasteiger charge is 2.37. The molecule has 0 aliphatic carbocycles. The molecule has 0 saturated heterocycles. The van der Waals surface area contributed by atoms with Gasteiger partial charge in [0.1, 0.15) is 5.75 Å². The van der Waals surface area contributed by atoms with Crippen molar-refractivity contribution in [3.63, 3.8) is 0 Å². The summed E-state index contributed by atoms with van der Waals surface area (Å²) in [7, 11) is -2.26. The minimum Gasteiger partial charge on any atom is -0.497 e. The largest absolute Gasteiger partial charge is 0.497 e. The molecule has 0 bridgehead atoms. The predicted octanol–water partition coefficient (Wildman–Crippen LogP) is 3.17. The number of carbonyl (C=O) groups excluding carboxylic acids is 1. The van der Waals surface area contributed by atoms with Crippen LogP contribution in [-0.4, -0.2) is 27.4 Å². The van der Waals surface area contributed by atoms with E-state index < -0.39 is 16.1 Å². The fourth-order valence-electron chi connectivity index (χ4n) is 2.95. The first-order valence-corrected chi connectivity index (χ1v) is 9.11. The van der Waals surface area contributed by atoms with Crippen LogP contribution in [0.15, 0.2) is 47.4 Å². The van der Waals surface area contributed by atoms with E-state index in [0.29, 0.717) is 17.0 Å². The highest BCUT2D eigenvalue weighted by atomic mass is 32.2. The molecule has 0 unspecified atom stereocenters. The molecule has 1 atom stereocenters. The van der Waals surface area contributed by atoms with Gasteiger partial charge in [0, 0.05) is 24.1 Å². The molecule has 0 radical (unpaired) electrons. The van der Waals surface area contributed by atoms with Crippen LogP contribution in [0.1, 0.15) is 29.3 Å². The maximum atomic E-state index is 13.2. The van der Waals surface area contributed by atoms with Crippen LogP contribution in [0.5, 0.6) is 5.75 Å². The molecular formula is C18H19NO4S. The number of hydrogen-bond acceptors (Lipinski definition) is 4. The molecule has 5 nitrogen and oxygen atoms in total. The first-order chi connectivity index (χ1) is 11.3. The van der Waals surface area contributed by atoms with Crippen LogP contribution in [0.3, 0.4) is 0 Å². The number of nitrogens with zero attached hydrogens (tertiary/aromatic N) is 1. The number of rotatable bonds is 3. The number of methoxy groups -OCH3 is 1. The van der Waals surface area contributed by atoms with Crippen molar-refractivity contribution >= 4 is 21.5 Å². The smallest absolute Gasteiger partial charge is 0.264 e. The van der Waals surface area contributed by atoms with Crippen molar-refractivity contribution in [1.82, 2.24) is 0 Å². The third-order valence-corrected chi connectivity index (χ3v) is 6.14. The van der Waals surface area contributed by atoms with Crippen molar-refractivity contribution < 1.29 is 17.9 Å². The number of Topliss-reactive ketones (excluding diaryl/α,β-unsaturated/α-hetero) is 1. The number of carbonyl (C=O) groups is 1. The average Bonchev–Trinajstić information content (AvgIpc) is 2.54. The van der Waals surface area contributed by atoms with Crippen molar-refractivity contribution in [3.8, 4) is 5.75 Å². The molecule has 2 aromatic rings. The Morgan fingerprint density at radius 1 is 1.12 bits per heavy atom. The van der Waals surface area contributed by atoms with Gasteiger partial charge in [-0.2, -0.15) is 0 Å². The van der Waals surface area contributed by atoms with Gasteiger partial charge in [-0.1, -0.05) is 17.7 Å². The number of benzene rings is 2. The van der Waals surface area contributed by atoms with E-state index in [1.165, 1.54) is 11.4 Å². The van der Waals surface area contributed by atoms with Crippen molar-refractivity contribution in [3.05, 3.63) is 53.6 Å². The van der Waals surface area contributed by atoms with Crippen molar-refractivity contribution in [2.75, 3.05) is 11.4 Å². The first-order valence-electron chi connectivity index (χ1n) is 7.67. The maximum Gasteiger partial charge on any atom is 0.264 e. The van der Waals surface area contributed by atoms with E-state index in [1.807, 2.05) is 6.92 Å². The zero-order valence-corrected chi connectivity index (χ0v) is 14.6. The number of ketones is 1. The van der Waals surface area contributed by atoms with E-state index in [4.69, 9.17) is 4.74 Å². The summed E-state index contributed by atoms with van der Waals surface area (Å²) in [5.41, 5.74) is 1.76. The van der Waals surface area contributed by atoms with Crippen LogP contribution in [0.2, 0.25) is 0 Å². The summed E-state index contributed by atoms with van der Waals surface area (Å²) in [6.07, 6.45) is 0.157. The van der Waals surface area contributed by atoms with Crippen LogP contribution >= 0.6 is 0 Å². The minimum atomic E-state index is -3.76. The standard InChI is InChI=1S/C18H19NO4S/c1-12-4-7-15(8-5-12)24(21,22)19-13(2)10-18(20)16-9-6-14(23-3)11-17(16)19/h4-9,11,13H,10H2,1-3H3/t13-/m0/s1. The van der Waals surface area contributed by atoms with Crippen molar-refractivity contribution in [2.45, 2.75) is 31.2 Å². The molecule has 126 valence electrons. The molecule has 0 fully saturated rings. The van der Waals surface area contributed by atoms with Crippen molar-refractivity contribution in [2.24, 2.45) is 0 Å². The van der Waals surface area contributed by atoms with Gasteiger partial charge >= 0.3 is 0 Å². The highest BCUT2D eigenvalue weighted by molar-refractivity contribution is 7.92. The molecule has 6 heteroatoms. The lowest BCUT2D eigenvalue weighted by Gasteiger charge is -2.35. The molecule has 2 aromatic carbocycles. The van der Waals surface area contributed by atoms with Crippen LogP contribution in [0, 0.1) is 6.92 Å². The normalized spacial score (nSPS) is 17.5. The number of sulfonamides is 1. The number of hydrogen-bond donors (Lipinski definition) is 0. The van der Waals surface area contributed by atoms with Crippen LogP contribution in [0.4, 0.5) is 5.69 Å². The summed E-state index contributed by atoms with van der Waals surface area (Å²) in [5.74, 6) is 0.454. The lowest BCUT2D eigenvalue weighted by molar-refractivity contribution is 0.0972. The monoisotopic (exact) mass is 345 g/mol. The molecule has 3 rings (SSSR count). The second kappa shape index (κ2) is 5.94. The van der Waals surface area contributed by atoms with Gasteiger partial charge in [0.25, 0.3) is 10.0 Å². The molecule has 1 aliphatic rings. The fraction of sp³-hybridized carbons (Fsp3) is 0.278. The van der Waals surface area contributed by atoms with Gasteiger partial charge in [0.2, 0.25) is 0 Å². The lowest BCUT2D eigenvalue weighted by atomic mass is 9.97. The first kappa shape index (κ1) is 16.5. The molecule has 0 saturated carbocycles. The van der Waals surface area contributed by atoms with Crippen LogP contribution in [0.25, 0.3) is 0 Å². The topological polar surface area (TPSA) is 63.7 Å². The number of fused-ring (bicyclic) bond motifs is 1. The second-order valence-electron chi connectivity index (χ2n) is 5.97. The summed E-state index contributed by atoms with van der Waals surface area (Å²) in [6, 6.07) is 11.2. The highest BCUT2D eigenvalue weighted by Crippen LogP contribution is 2.37. The van der Waals surface area contributed by atoms with Gasteiger partial charge in [0.15, 0.2) is 5.78 Å². The van der Waals surface area contributed by atoms with Gasteiger partial charge in [0.05, 0.1) is 17.7 Å². The molecule has 1 heterocycles. The summed E-state index contributed by atoms with van der Waals surface area (Å²) in [6.45, 7) is 3.64. The Kier molecular flexibility index (Phi) is 4.09. The lowest BCUT2D eigenvalue weighted by Crippen LogP contribution is -2.43. The van der Waals surface area contributed by atoms with Crippen molar-refractivity contribution in [1.29, 1.82) is 0 Å². The van der Waals surface area contributed by atoms with Crippen LogP contribution in [-0.2, 0) is 10.0 Å².